The Hall–Kier alpha value is -2.14. The largest absolute Gasteiger partial charge is 0.493 e. The molecule has 1 atom stereocenters. The Morgan fingerprint density at radius 3 is 2.42 bits per heavy atom. The third kappa shape index (κ3) is 5.49. The van der Waals surface area contributed by atoms with Crippen LogP contribution in [-0.2, 0) is 21.3 Å². The van der Waals surface area contributed by atoms with Crippen LogP contribution >= 0.6 is 0 Å². The maximum atomic E-state index is 12.0. The molecular weight excluding hydrogens is 322 g/mol. The molecule has 0 saturated heterocycles. The van der Waals surface area contributed by atoms with Gasteiger partial charge in [0.2, 0.25) is 5.91 Å². The van der Waals surface area contributed by atoms with Crippen molar-refractivity contribution >= 4 is 16.7 Å². The normalized spacial score (nSPS) is 12.1. The Kier molecular flexibility index (Phi) is 6.55. The van der Waals surface area contributed by atoms with Crippen LogP contribution in [0.2, 0.25) is 0 Å². The molecule has 0 spiro atoms. The summed E-state index contributed by atoms with van der Waals surface area (Å²) in [4.78, 5) is 10.9. The number of amides is 1. The Morgan fingerprint density at radius 2 is 1.79 bits per heavy atom. The second-order valence-corrected chi connectivity index (χ2v) is 7.54. The van der Waals surface area contributed by atoms with Crippen molar-refractivity contribution in [2.24, 2.45) is 11.7 Å². The topological polar surface area (TPSA) is 69.4 Å². The monoisotopic (exact) mass is 345 g/mol. The highest BCUT2D eigenvalue weighted by molar-refractivity contribution is 7.84. The van der Waals surface area contributed by atoms with Crippen molar-refractivity contribution in [1.29, 1.82) is 0 Å². The van der Waals surface area contributed by atoms with Crippen molar-refractivity contribution < 1.29 is 13.7 Å². The smallest absolute Gasteiger partial charge is 0.230 e. The van der Waals surface area contributed by atoms with Crippen LogP contribution in [0.3, 0.4) is 0 Å². The molecule has 0 saturated carbocycles. The van der Waals surface area contributed by atoms with Gasteiger partial charge in [-0.1, -0.05) is 50.2 Å². The second-order valence-electron chi connectivity index (χ2n) is 6.08. The standard InChI is InChI=1S/C19H23NO3S/c1-14(2)11-23-17-9-7-15(8-10-17)18-6-4-3-5-16(18)12-24(22)13-19(20)21/h3-10,14H,11-13H2,1-2H3,(H2,20,21). The van der Waals surface area contributed by atoms with Crippen LogP contribution in [0.5, 0.6) is 5.75 Å². The van der Waals surface area contributed by atoms with E-state index in [-0.39, 0.29) is 5.75 Å². The quantitative estimate of drug-likeness (QED) is 0.799. The molecule has 0 heterocycles. The zero-order valence-corrected chi connectivity index (χ0v) is 14.8. The molecule has 0 aliphatic carbocycles. The van der Waals surface area contributed by atoms with Crippen molar-refractivity contribution in [3.8, 4) is 16.9 Å². The fourth-order valence-corrected chi connectivity index (χ4v) is 3.32. The van der Waals surface area contributed by atoms with Gasteiger partial charge in [-0.25, -0.2) is 0 Å². The summed E-state index contributed by atoms with van der Waals surface area (Å²) in [5.74, 6) is 0.964. The van der Waals surface area contributed by atoms with E-state index >= 15 is 0 Å². The lowest BCUT2D eigenvalue weighted by molar-refractivity contribution is -0.115. The van der Waals surface area contributed by atoms with E-state index in [1.807, 2.05) is 48.5 Å². The SMILES string of the molecule is CC(C)COc1ccc(-c2ccccc2CS(=O)CC(N)=O)cc1. The summed E-state index contributed by atoms with van der Waals surface area (Å²) in [6, 6.07) is 15.6. The summed E-state index contributed by atoms with van der Waals surface area (Å²) in [5, 5.41) is 0. The molecular formula is C19H23NO3S. The summed E-state index contributed by atoms with van der Waals surface area (Å²) in [6.07, 6.45) is 0. The molecule has 0 radical (unpaired) electrons. The first-order valence-electron chi connectivity index (χ1n) is 7.90. The van der Waals surface area contributed by atoms with E-state index in [0.717, 1.165) is 22.4 Å². The third-order valence-electron chi connectivity index (χ3n) is 3.39. The van der Waals surface area contributed by atoms with Crippen LogP contribution < -0.4 is 10.5 Å². The molecule has 2 aromatic rings. The summed E-state index contributed by atoms with van der Waals surface area (Å²) < 4.78 is 17.7. The Bertz CT molecular complexity index is 711. The number of nitrogens with two attached hydrogens (primary N) is 1. The van der Waals surface area contributed by atoms with E-state index in [9.17, 15) is 9.00 Å². The second kappa shape index (κ2) is 8.64. The van der Waals surface area contributed by atoms with Gasteiger partial charge in [0.25, 0.3) is 0 Å². The number of ether oxygens (including phenoxy) is 1. The van der Waals surface area contributed by atoms with Gasteiger partial charge in [-0.15, -0.1) is 0 Å². The highest BCUT2D eigenvalue weighted by Gasteiger charge is 2.10. The number of rotatable bonds is 8. The average Bonchev–Trinajstić information content (AvgIpc) is 2.53. The lowest BCUT2D eigenvalue weighted by atomic mass is 10.0. The molecule has 1 unspecified atom stereocenters. The molecule has 4 nitrogen and oxygen atoms in total. The molecule has 0 aliphatic rings. The van der Waals surface area contributed by atoms with Crippen LogP contribution in [-0.4, -0.2) is 22.5 Å². The van der Waals surface area contributed by atoms with Crippen LogP contribution in [0.15, 0.2) is 48.5 Å². The number of hydrogen-bond acceptors (Lipinski definition) is 3. The number of benzene rings is 2. The zero-order valence-electron chi connectivity index (χ0n) is 14.0. The van der Waals surface area contributed by atoms with Gasteiger partial charge in [-0.2, -0.15) is 0 Å². The minimum atomic E-state index is -1.30. The van der Waals surface area contributed by atoms with E-state index in [0.29, 0.717) is 18.3 Å². The Labute approximate surface area is 145 Å². The van der Waals surface area contributed by atoms with Gasteiger partial charge in [0.15, 0.2) is 0 Å². The minimum absolute atomic E-state index is 0.115. The van der Waals surface area contributed by atoms with Crippen molar-refractivity contribution in [2.45, 2.75) is 19.6 Å². The van der Waals surface area contributed by atoms with Gasteiger partial charge in [0.1, 0.15) is 11.5 Å². The predicted molar refractivity (Wildman–Crippen MR) is 98.1 cm³/mol. The molecule has 2 aromatic carbocycles. The minimum Gasteiger partial charge on any atom is -0.493 e. The molecule has 0 bridgehead atoms. The van der Waals surface area contributed by atoms with Crippen LogP contribution in [0, 0.1) is 5.92 Å². The van der Waals surface area contributed by atoms with Gasteiger partial charge >= 0.3 is 0 Å². The maximum absolute atomic E-state index is 12.0. The lowest BCUT2D eigenvalue weighted by Gasteiger charge is -2.12. The van der Waals surface area contributed by atoms with E-state index in [1.54, 1.807) is 0 Å². The van der Waals surface area contributed by atoms with E-state index < -0.39 is 16.7 Å². The van der Waals surface area contributed by atoms with E-state index in [2.05, 4.69) is 13.8 Å². The first-order chi connectivity index (χ1) is 11.5. The molecule has 0 fully saturated rings. The Morgan fingerprint density at radius 1 is 1.12 bits per heavy atom. The fraction of sp³-hybridized carbons (Fsp3) is 0.316. The van der Waals surface area contributed by atoms with Crippen LogP contribution in [0.25, 0.3) is 11.1 Å². The van der Waals surface area contributed by atoms with Gasteiger partial charge in [-0.05, 0) is 34.7 Å². The summed E-state index contributed by atoms with van der Waals surface area (Å²) in [7, 11) is -1.30. The molecule has 1 amide bonds. The van der Waals surface area contributed by atoms with E-state index in [1.165, 1.54) is 0 Å². The third-order valence-corrected chi connectivity index (χ3v) is 4.63. The van der Waals surface area contributed by atoms with Gasteiger partial charge in [0.05, 0.1) is 6.61 Å². The zero-order chi connectivity index (χ0) is 17.5. The molecule has 24 heavy (non-hydrogen) atoms. The summed E-state index contributed by atoms with van der Waals surface area (Å²) in [6.45, 7) is 4.90. The van der Waals surface area contributed by atoms with Crippen molar-refractivity contribution in [3.63, 3.8) is 0 Å². The molecule has 128 valence electrons. The molecule has 5 heteroatoms. The van der Waals surface area contributed by atoms with Crippen molar-refractivity contribution in [2.75, 3.05) is 12.4 Å². The molecule has 0 aromatic heterocycles. The van der Waals surface area contributed by atoms with Crippen molar-refractivity contribution in [1.82, 2.24) is 0 Å². The summed E-state index contributed by atoms with van der Waals surface area (Å²) >= 11 is 0. The average molecular weight is 345 g/mol. The van der Waals surface area contributed by atoms with E-state index in [4.69, 9.17) is 10.5 Å². The van der Waals surface area contributed by atoms with Gasteiger partial charge in [-0.3, -0.25) is 9.00 Å². The Balaban J connectivity index is 2.16. The maximum Gasteiger partial charge on any atom is 0.230 e. The van der Waals surface area contributed by atoms with Crippen molar-refractivity contribution in [3.05, 3.63) is 54.1 Å². The van der Waals surface area contributed by atoms with Crippen LogP contribution in [0.1, 0.15) is 19.4 Å². The molecule has 2 rings (SSSR count). The number of hydrogen-bond donors (Lipinski definition) is 1. The highest BCUT2D eigenvalue weighted by Crippen LogP contribution is 2.27. The molecule has 0 aliphatic heterocycles. The highest BCUT2D eigenvalue weighted by atomic mass is 32.2. The first-order valence-corrected chi connectivity index (χ1v) is 9.39. The fourth-order valence-electron chi connectivity index (χ4n) is 2.30. The number of carbonyl (C=O) groups excluding carboxylic acids is 1. The van der Waals surface area contributed by atoms with Crippen LogP contribution in [0.4, 0.5) is 0 Å². The van der Waals surface area contributed by atoms with Gasteiger partial charge < -0.3 is 10.5 Å². The van der Waals surface area contributed by atoms with Gasteiger partial charge in [0, 0.05) is 16.6 Å². The number of primary amides is 1. The summed E-state index contributed by atoms with van der Waals surface area (Å²) in [5.41, 5.74) is 8.09. The molecule has 2 N–H and O–H groups in total. The number of carbonyl (C=O) groups is 1. The first kappa shape index (κ1) is 18.2. The lowest BCUT2D eigenvalue weighted by Crippen LogP contribution is -2.20. The predicted octanol–water partition coefficient (Wildman–Crippen LogP) is 3.12.